The van der Waals surface area contributed by atoms with Gasteiger partial charge in [-0.05, 0) is 54.5 Å². The van der Waals surface area contributed by atoms with Crippen LogP contribution < -0.4 is 0 Å². The molecule has 0 atom stereocenters. The van der Waals surface area contributed by atoms with Gasteiger partial charge in [-0.1, -0.05) is 0 Å². The lowest BCUT2D eigenvalue weighted by Gasteiger charge is -2.37. The van der Waals surface area contributed by atoms with Crippen molar-refractivity contribution in [1.29, 1.82) is 0 Å². The lowest BCUT2D eigenvalue weighted by atomic mass is 9.95. The molecular formula is C18H25N3S2. The van der Waals surface area contributed by atoms with Gasteiger partial charge in [-0.25, -0.2) is 4.99 Å². The van der Waals surface area contributed by atoms with Crippen molar-refractivity contribution in [3.8, 4) is 0 Å². The zero-order valence-corrected chi connectivity index (χ0v) is 15.5. The number of allylic oxidation sites excluding steroid dienone is 1. The Morgan fingerprint density at radius 1 is 1.13 bits per heavy atom. The second-order valence-electron chi connectivity index (χ2n) is 6.73. The van der Waals surface area contributed by atoms with Crippen molar-refractivity contribution in [2.24, 2.45) is 4.99 Å². The third-order valence-electron chi connectivity index (χ3n) is 5.05. The summed E-state index contributed by atoms with van der Waals surface area (Å²) in [6, 6.07) is 0. The molecule has 0 saturated carbocycles. The maximum Gasteiger partial charge on any atom is 0.115 e. The van der Waals surface area contributed by atoms with Gasteiger partial charge in [0.2, 0.25) is 0 Å². The molecule has 0 N–H and O–H groups in total. The summed E-state index contributed by atoms with van der Waals surface area (Å²) in [6.45, 7) is 7.83. The predicted octanol–water partition coefficient (Wildman–Crippen LogP) is 3.75. The molecule has 1 saturated heterocycles. The van der Waals surface area contributed by atoms with Crippen LogP contribution in [0.2, 0.25) is 0 Å². The van der Waals surface area contributed by atoms with Crippen LogP contribution in [0.25, 0.3) is 0 Å². The lowest BCUT2D eigenvalue weighted by molar-refractivity contribution is 0.175. The van der Waals surface area contributed by atoms with Crippen molar-refractivity contribution >= 4 is 28.9 Å². The molecule has 0 spiro atoms. The lowest BCUT2D eigenvalue weighted by Crippen LogP contribution is -2.49. The minimum absolute atomic E-state index is 1.04. The Bertz CT molecular complexity index is 624. The monoisotopic (exact) mass is 347 g/mol. The molecule has 0 bridgehead atoms. The summed E-state index contributed by atoms with van der Waals surface area (Å²) in [5, 5.41) is 4.60. The van der Waals surface area contributed by atoms with Gasteiger partial charge in [0.25, 0.3) is 0 Å². The van der Waals surface area contributed by atoms with Crippen molar-refractivity contribution in [3.63, 3.8) is 0 Å². The maximum atomic E-state index is 4.73. The van der Waals surface area contributed by atoms with Gasteiger partial charge in [-0.15, -0.1) is 23.1 Å². The van der Waals surface area contributed by atoms with Crippen LogP contribution in [0, 0.1) is 0 Å². The Morgan fingerprint density at radius 3 is 2.78 bits per heavy atom. The highest BCUT2D eigenvalue weighted by Gasteiger charge is 2.23. The molecule has 2 aliphatic heterocycles. The number of thioether (sulfide) groups is 1. The number of rotatable bonds is 2. The molecule has 1 aromatic rings. The van der Waals surface area contributed by atoms with E-state index in [2.05, 4.69) is 27.5 Å². The molecule has 0 radical (unpaired) electrons. The molecule has 5 heteroatoms. The third-order valence-corrected chi connectivity index (χ3v) is 7.12. The summed E-state index contributed by atoms with van der Waals surface area (Å²) in [7, 11) is 0. The molecule has 3 aliphatic rings. The fraction of sp³-hybridized carbons (Fsp3) is 0.611. The summed E-state index contributed by atoms with van der Waals surface area (Å²) in [5.74, 6) is 2.32. The van der Waals surface area contributed by atoms with E-state index >= 15 is 0 Å². The van der Waals surface area contributed by atoms with E-state index in [4.69, 9.17) is 4.99 Å². The SMILES string of the molecule is CC1=CSCC(N2CCN(Cc3csc4c3CCCC4)CC2)=N1. The minimum Gasteiger partial charge on any atom is -0.357 e. The number of thiophene rings is 1. The Morgan fingerprint density at radius 2 is 1.96 bits per heavy atom. The van der Waals surface area contributed by atoms with E-state index in [0.717, 1.165) is 44.2 Å². The first-order chi connectivity index (χ1) is 11.3. The normalized spacial score (nSPS) is 22.6. The molecule has 3 nitrogen and oxygen atoms in total. The van der Waals surface area contributed by atoms with Gasteiger partial charge < -0.3 is 4.90 Å². The fourth-order valence-corrected chi connectivity index (χ4v) is 5.67. The molecular weight excluding hydrogens is 322 g/mol. The first-order valence-corrected chi connectivity index (χ1v) is 10.6. The van der Waals surface area contributed by atoms with Gasteiger partial charge in [0.05, 0.1) is 5.75 Å². The summed E-state index contributed by atoms with van der Waals surface area (Å²) in [5.41, 5.74) is 4.46. The van der Waals surface area contributed by atoms with E-state index < -0.39 is 0 Å². The quantitative estimate of drug-likeness (QED) is 0.812. The van der Waals surface area contributed by atoms with Crippen LogP contribution in [0.5, 0.6) is 0 Å². The largest absolute Gasteiger partial charge is 0.357 e. The zero-order chi connectivity index (χ0) is 15.6. The molecule has 3 heterocycles. The molecule has 4 rings (SSSR count). The highest BCUT2D eigenvalue weighted by atomic mass is 32.2. The maximum absolute atomic E-state index is 4.73. The van der Waals surface area contributed by atoms with E-state index in [9.17, 15) is 0 Å². The Hall–Kier alpha value is -0.780. The molecule has 0 amide bonds. The summed E-state index contributed by atoms with van der Waals surface area (Å²) < 4.78 is 0. The van der Waals surface area contributed by atoms with Gasteiger partial charge in [0.15, 0.2) is 0 Å². The van der Waals surface area contributed by atoms with Gasteiger partial charge in [-0.3, -0.25) is 4.90 Å². The topological polar surface area (TPSA) is 18.8 Å². The average molecular weight is 348 g/mol. The number of aliphatic imine (C=N–C) groups is 1. The number of nitrogens with zero attached hydrogens (tertiary/aromatic N) is 3. The summed E-state index contributed by atoms with van der Waals surface area (Å²) >= 11 is 3.88. The molecule has 23 heavy (non-hydrogen) atoms. The number of hydrogen-bond donors (Lipinski definition) is 0. The van der Waals surface area contributed by atoms with Crippen LogP contribution in [0.3, 0.4) is 0 Å². The van der Waals surface area contributed by atoms with Gasteiger partial charge in [-0.2, -0.15) is 0 Å². The van der Waals surface area contributed by atoms with E-state index in [1.165, 1.54) is 31.5 Å². The van der Waals surface area contributed by atoms with Crippen LogP contribution in [-0.4, -0.2) is 47.6 Å². The van der Waals surface area contributed by atoms with Crippen LogP contribution in [0.1, 0.15) is 35.8 Å². The van der Waals surface area contributed by atoms with E-state index in [-0.39, 0.29) is 0 Å². The molecule has 0 aromatic carbocycles. The van der Waals surface area contributed by atoms with Crippen molar-refractivity contribution in [1.82, 2.24) is 9.80 Å². The van der Waals surface area contributed by atoms with Crippen LogP contribution in [-0.2, 0) is 19.4 Å². The van der Waals surface area contributed by atoms with Crippen molar-refractivity contribution in [2.45, 2.75) is 39.2 Å². The van der Waals surface area contributed by atoms with Gasteiger partial charge in [0, 0.05) is 43.3 Å². The smallest absolute Gasteiger partial charge is 0.115 e. The van der Waals surface area contributed by atoms with Crippen molar-refractivity contribution in [3.05, 3.63) is 32.5 Å². The highest BCUT2D eigenvalue weighted by Crippen LogP contribution is 2.31. The van der Waals surface area contributed by atoms with Gasteiger partial charge in [0.1, 0.15) is 5.84 Å². The number of fused-ring (bicyclic) bond motifs is 1. The zero-order valence-electron chi connectivity index (χ0n) is 13.9. The fourth-order valence-electron chi connectivity index (χ4n) is 3.76. The number of piperazine rings is 1. The summed E-state index contributed by atoms with van der Waals surface area (Å²) in [6.07, 6.45) is 5.40. The number of amidine groups is 1. The Kier molecular flexibility index (Phi) is 4.78. The standard InChI is InChI=1S/C18H25N3S2/c1-14-11-22-13-18(19-14)21-8-6-20(7-9-21)10-15-12-23-17-5-3-2-4-16(15)17/h11-12H,2-10,13H2,1H3. The van der Waals surface area contributed by atoms with Gasteiger partial charge >= 0.3 is 0 Å². The second-order valence-corrected chi connectivity index (χ2v) is 8.55. The molecule has 124 valence electrons. The first kappa shape index (κ1) is 15.7. The number of hydrogen-bond acceptors (Lipinski definition) is 5. The molecule has 0 unspecified atom stereocenters. The van der Waals surface area contributed by atoms with Crippen LogP contribution in [0.4, 0.5) is 0 Å². The average Bonchev–Trinajstić information content (AvgIpc) is 2.99. The highest BCUT2D eigenvalue weighted by molar-refractivity contribution is 8.02. The van der Waals surface area contributed by atoms with Crippen molar-refractivity contribution in [2.75, 3.05) is 31.9 Å². The second kappa shape index (κ2) is 6.99. The third kappa shape index (κ3) is 3.52. The molecule has 1 fully saturated rings. The number of aryl methyl sites for hydroxylation is 1. The van der Waals surface area contributed by atoms with E-state index in [1.807, 2.05) is 23.1 Å². The van der Waals surface area contributed by atoms with Crippen molar-refractivity contribution < 1.29 is 0 Å². The van der Waals surface area contributed by atoms with E-state index in [0.29, 0.717) is 0 Å². The minimum atomic E-state index is 1.04. The predicted molar refractivity (Wildman–Crippen MR) is 101 cm³/mol. The Balaban J connectivity index is 1.35. The Labute approximate surface area is 147 Å². The van der Waals surface area contributed by atoms with Crippen LogP contribution >= 0.6 is 23.1 Å². The molecule has 1 aliphatic carbocycles. The first-order valence-electron chi connectivity index (χ1n) is 8.71. The molecule has 1 aromatic heterocycles. The van der Waals surface area contributed by atoms with E-state index in [1.54, 1.807) is 16.0 Å². The summed E-state index contributed by atoms with van der Waals surface area (Å²) in [4.78, 5) is 11.5. The van der Waals surface area contributed by atoms with Crippen LogP contribution in [0.15, 0.2) is 21.5 Å².